The van der Waals surface area contributed by atoms with Gasteiger partial charge in [-0.15, -0.1) is 0 Å². The fourth-order valence-corrected chi connectivity index (χ4v) is 1.54. The Balaban J connectivity index is 2.55. The van der Waals surface area contributed by atoms with E-state index >= 15 is 0 Å². The van der Waals surface area contributed by atoms with Crippen LogP contribution in [0.1, 0.15) is 10.4 Å². The molecule has 2 aromatic carbocycles. The van der Waals surface area contributed by atoms with Crippen LogP contribution in [0.25, 0.3) is 11.1 Å². The third-order valence-electron chi connectivity index (χ3n) is 2.23. The highest BCUT2D eigenvalue weighted by atomic mass is 19.1. The number of benzene rings is 2. The molecule has 80 valence electrons. The van der Waals surface area contributed by atoms with E-state index < -0.39 is 0 Å². The van der Waals surface area contributed by atoms with Crippen molar-refractivity contribution in [2.45, 2.75) is 0 Å². The van der Waals surface area contributed by atoms with Crippen molar-refractivity contribution in [2.75, 3.05) is 0 Å². The average Bonchev–Trinajstić information content (AvgIpc) is 2.28. The Morgan fingerprint density at radius 1 is 1.06 bits per heavy atom. The third kappa shape index (κ3) is 2.08. The predicted molar refractivity (Wildman–Crippen MR) is 58.9 cm³/mol. The van der Waals surface area contributed by atoms with Crippen molar-refractivity contribution in [3.63, 3.8) is 0 Å². The van der Waals surface area contributed by atoms with E-state index in [0.717, 1.165) is 0 Å². The Labute approximate surface area is 92.0 Å². The van der Waals surface area contributed by atoms with Gasteiger partial charge in [0.25, 0.3) is 0 Å². The monoisotopic (exact) mass is 216 g/mol. The Morgan fingerprint density at radius 2 is 1.88 bits per heavy atom. The zero-order valence-corrected chi connectivity index (χ0v) is 8.35. The summed E-state index contributed by atoms with van der Waals surface area (Å²) in [6.07, 6.45) is 0.641. The van der Waals surface area contributed by atoms with Crippen molar-refractivity contribution in [1.29, 1.82) is 0 Å². The summed E-state index contributed by atoms with van der Waals surface area (Å²) in [5.41, 5.74) is 1.60. The van der Waals surface area contributed by atoms with Crippen LogP contribution in [-0.2, 0) is 0 Å². The van der Waals surface area contributed by atoms with Gasteiger partial charge in [0.05, 0.1) is 0 Å². The van der Waals surface area contributed by atoms with Crippen LogP contribution < -0.4 is 0 Å². The van der Waals surface area contributed by atoms with Crippen LogP contribution >= 0.6 is 0 Å². The molecule has 0 saturated carbocycles. The number of hydrogen-bond acceptors (Lipinski definition) is 2. The standard InChI is InChI=1S/C13H9FO2/c14-12-3-1-2-10(6-12)11-4-9(8-15)5-13(16)7-11/h1-8,16H. The van der Waals surface area contributed by atoms with Gasteiger partial charge in [0.1, 0.15) is 17.9 Å². The number of carbonyl (C=O) groups is 1. The second-order valence-corrected chi connectivity index (χ2v) is 3.44. The van der Waals surface area contributed by atoms with Gasteiger partial charge in [0, 0.05) is 5.56 Å². The maximum Gasteiger partial charge on any atom is 0.150 e. The first-order valence-electron chi connectivity index (χ1n) is 4.74. The summed E-state index contributed by atoms with van der Waals surface area (Å²) in [5, 5.41) is 9.40. The molecule has 0 amide bonds. The zero-order valence-electron chi connectivity index (χ0n) is 8.35. The van der Waals surface area contributed by atoms with Crippen LogP contribution in [0.15, 0.2) is 42.5 Å². The lowest BCUT2D eigenvalue weighted by atomic mass is 10.0. The lowest BCUT2D eigenvalue weighted by molar-refractivity contribution is 0.112. The molecule has 0 aliphatic rings. The van der Waals surface area contributed by atoms with E-state index in [1.807, 2.05) is 0 Å². The first kappa shape index (κ1) is 10.4. The fraction of sp³-hybridized carbons (Fsp3) is 0. The molecule has 0 aromatic heterocycles. The Morgan fingerprint density at radius 3 is 2.56 bits per heavy atom. The molecule has 0 fully saturated rings. The molecular formula is C13H9FO2. The zero-order chi connectivity index (χ0) is 11.5. The van der Waals surface area contributed by atoms with Crippen molar-refractivity contribution >= 4 is 6.29 Å². The molecule has 2 rings (SSSR count). The molecule has 0 radical (unpaired) electrons. The lowest BCUT2D eigenvalue weighted by Crippen LogP contribution is -1.84. The van der Waals surface area contributed by atoms with Gasteiger partial charge in [-0.2, -0.15) is 0 Å². The summed E-state index contributed by atoms with van der Waals surface area (Å²) < 4.78 is 13.0. The van der Waals surface area contributed by atoms with Crippen molar-refractivity contribution in [3.05, 3.63) is 53.8 Å². The van der Waals surface area contributed by atoms with Crippen molar-refractivity contribution in [1.82, 2.24) is 0 Å². The molecule has 0 bridgehead atoms. The van der Waals surface area contributed by atoms with E-state index in [1.165, 1.54) is 24.3 Å². The van der Waals surface area contributed by atoms with Gasteiger partial charge < -0.3 is 5.11 Å². The number of aromatic hydroxyl groups is 1. The van der Waals surface area contributed by atoms with Crippen LogP contribution in [0.5, 0.6) is 5.75 Å². The molecule has 1 N–H and O–H groups in total. The minimum atomic E-state index is -0.353. The molecule has 0 aliphatic carbocycles. The van der Waals surface area contributed by atoms with Gasteiger partial charge >= 0.3 is 0 Å². The quantitative estimate of drug-likeness (QED) is 0.783. The second-order valence-electron chi connectivity index (χ2n) is 3.44. The molecule has 2 nitrogen and oxygen atoms in total. The molecule has 0 heterocycles. The van der Waals surface area contributed by atoms with Crippen LogP contribution in [0.3, 0.4) is 0 Å². The molecule has 0 saturated heterocycles. The molecule has 0 spiro atoms. The smallest absolute Gasteiger partial charge is 0.150 e. The highest BCUT2D eigenvalue weighted by Gasteiger charge is 2.03. The molecular weight excluding hydrogens is 207 g/mol. The molecule has 0 atom stereocenters. The number of phenols is 1. The maximum absolute atomic E-state index is 13.0. The molecule has 2 aromatic rings. The number of halogens is 1. The predicted octanol–water partition coefficient (Wildman–Crippen LogP) is 3.01. The minimum Gasteiger partial charge on any atom is -0.508 e. The van der Waals surface area contributed by atoms with E-state index in [4.69, 9.17) is 0 Å². The minimum absolute atomic E-state index is 0.0103. The normalized spacial score (nSPS) is 10.1. The van der Waals surface area contributed by atoms with Gasteiger partial charge in [-0.3, -0.25) is 4.79 Å². The number of carbonyl (C=O) groups excluding carboxylic acids is 1. The van der Waals surface area contributed by atoms with Crippen molar-refractivity contribution in [2.24, 2.45) is 0 Å². The number of aldehydes is 1. The SMILES string of the molecule is O=Cc1cc(O)cc(-c2cccc(F)c2)c1. The molecule has 0 unspecified atom stereocenters. The summed E-state index contributed by atoms with van der Waals surface area (Å²) in [4.78, 5) is 10.6. The van der Waals surface area contributed by atoms with Gasteiger partial charge in [0.15, 0.2) is 0 Å². The van der Waals surface area contributed by atoms with E-state index in [0.29, 0.717) is 23.0 Å². The van der Waals surface area contributed by atoms with Gasteiger partial charge in [-0.05, 0) is 41.5 Å². The Bertz CT molecular complexity index is 535. The van der Waals surface area contributed by atoms with E-state index in [-0.39, 0.29) is 11.6 Å². The van der Waals surface area contributed by atoms with Crippen molar-refractivity contribution < 1.29 is 14.3 Å². The number of hydrogen-bond donors (Lipinski definition) is 1. The maximum atomic E-state index is 13.0. The van der Waals surface area contributed by atoms with E-state index in [2.05, 4.69) is 0 Å². The van der Waals surface area contributed by atoms with Crippen LogP contribution in [0.2, 0.25) is 0 Å². The first-order valence-corrected chi connectivity index (χ1v) is 4.74. The molecule has 16 heavy (non-hydrogen) atoms. The summed E-state index contributed by atoms with van der Waals surface area (Å²) in [6, 6.07) is 10.4. The van der Waals surface area contributed by atoms with Crippen LogP contribution in [-0.4, -0.2) is 11.4 Å². The Kier molecular flexibility index (Phi) is 2.68. The highest BCUT2D eigenvalue weighted by molar-refractivity contribution is 5.80. The average molecular weight is 216 g/mol. The van der Waals surface area contributed by atoms with E-state index in [9.17, 15) is 14.3 Å². The van der Waals surface area contributed by atoms with Gasteiger partial charge in [-0.25, -0.2) is 4.39 Å². The highest BCUT2D eigenvalue weighted by Crippen LogP contribution is 2.25. The number of rotatable bonds is 2. The lowest BCUT2D eigenvalue weighted by Gasteiger charge is -2.03. The second kappa shape index (κ2) is 4.14. The topological polar surface area (TPSA) is 37.3 Å². The third-order valence-corrected chi connectivity index (χ3v) is 2.23. The fourth-order valence-electron chi connectivity index (χ4n) is 1.54. The summed E-state index contributed by atoms with van der Waals surface area (Å²) in [5.74, 6) is -0.364. The molecule has 3 heteroatoms. The van der Waals surface area contributed by atoms with Gasteiger partial charge in [0.2, 0.25) is 0 Å². The van der Waals surface area contributed by atoms with Crippen LogP contribution in [0.4, 0.5) is 4.39 Å². The Hall–Kier alpha value is -2.16. The van der Waals surface area contributed by atoms with Gasteiger partial charge in [-0.1, -0.05) is 12.1 Å². The summed E-state index contributed by atoms with van der Waals surface area (Å²) in [6.45, 7) is 0. The van der Waals surface area contributed by atoms with Crippen molar-refractivity contribution in [3.8, 4) is 16.9 Å². The van der Waals surface area contributed by atoms with Crippen LogP contribution in [0, 0.1) is 5.82 Å². The largest absolute Gasteiger partial charge is 0.508 e. The summed E-state index contributed by atoms with van der Waals surface area (Å²) in [7, 11) is 0. The first-order chi connectivity index (χ1) is 7.69. The number of phenolic OH excluding ortho intramolecular Hbond substituents is 1. The molecule has 0 aliphatic heterocycles. The van der Waals surface area contributed by atoms with E-state index in [1.54, 1.807) is 18.2 Å². The summed E-state index contributed by atoms with van der Waals surface area (Å²) >= 11 is 0.